The van der Waals surface area contributed by atoms with E-state index in [1.54, 1.807) is 25.1 Å². The highest BCUT2D eigenvalue weighted by Crippen LogP contribution is 2.30. The molecule has 0 bridgehead atoms. The summed E-state index contributed by atoms with van der Waals surface area (Å²) >= 11 is 3.36. The Balaban J connectivity index is 2.15. The summed E-state index contributed by atoms with van der Waals surface area (Å²) < 4.78 is 12.1. The van der Waals surface area contributed by atoms with Crippen molar-refractivity contribution in [2.75, 3.05) is 13.2 Å². The number of rotatable bonds is 7. The first-order valence-corrected chi connectivity index (χ1v) is 11.1. The quantitative estimate of drug-likeness (QED) is 0.194. The summed E-state index contributed by atoms with van der Waals surface area (Å²) in [5, 5.41) is 16.2. The number of ether oxygens (including phenoxy) is 2. The van der Waals surface area contributed by atoms with Crippen molar-refractivity contribution in [3.8, 4) is 5.75 Å². The Kier molecular flexibility index (Phi) is 7.45. The molecule has 11 heteroatoms. The SMILES string of the molecule is CCOC(=O)COc1c(C=Nn2c(C(C)(C)C)nc3ccc(Br)cc3c2=O)cccc1[N+](=O)[O-]. The molecule has 0 unspecified atom stereocenters. The van der Waals surface area contributed by atoms with E-state index < -0.39 is 28.5 Å². The maximum atomic E-state index is 13.3. The number of nitro benzene ring substituents is 1. The molecule has 0 saturated heterocycles. The molecule has 0 N–H and O–H groups in total. The van der Waals surface area contributed by atoms with Crippen molar-refractivity contribution in [2.24, 2.45) is 5.10 Å². The van der Waals surface area contributed by atoms with E-state index in [0.29, 0.717) is 21.2 Å². The first kappa shape index (κ1) is 25.0. The van der Waals surface area contributed by atoms with Gasteiger partial charge in [-0.2, -0.15) is 9.78 Å². The molecule has 0 aliphatic heterocycles. The van der Waals surface area contributed by atoms with Crippen LogP contribution in [0.1, 0.15) is 39.1 Å². The van der Waals surface area contributed by atoms with Crippen molar-refractivity contribution in [1.29, 1.82) is 0 Å². The summed E-state index contributed by atoms with van der Waals surface area (Å²) in [6.45, 7) is 6.96. The van der Waals surface area contributed by atoms with Gasteiger partial charge in [0, 0.05) is 21.5 Å². The van der Waals surface area contributed by atoms with Crippen LogP contribution < -0.4 is 10.3 Å². The Hall–Kier alpha value is -3.60. The molecule has 0 aliphatic carbocycles. The third kappa shape index (κ3) is 5.48. The summed E-state index contributed by atoms with van der Waals surface area (Å²) in [7, 11) is 0. The van der Waals surface area contributed by atoms with E-state index in [1.165, 1.54) is 29.1 Å². The maximum Gasteiger partial charge on any atom is 0.344 e. The van der Waals surface area contributed by atoms with Crippen molar-refractivity contribution in [3.05, 3.63) is 72.7 Å². The third-order valence-electron chi connectivity index (χ3n) is 4.65. The number of benzene rings is 2. The first-order chi connectivity index (χ1) is 16.0. The van der Waals surface area contributed by atoms with Crippen molar-refractivity contribution in [2.45, 2.75) is 33.1 Å². The predicted octanol–water partition coefficient (Wildman–Crippen LogP) is 4.19. The number of nitrogens with zero attached hydrogens (tertiary/aromatic N) is 4. The molecular weight excluding hydrogens is 508 g/mol. The summed E-state index contributed by atoms with van der Waals surface area (Å²) in [4.78, 5) is 40.6. The van der Waals surface area contributed by atoms with Crippen molar-refractivity contribution < 1.29 is 19.2 Å². The Bertz CT molecular complexity index is 1340. The summed E-state index contributed by atoms with van der Waals surface area (Å²) in [6.07, 6.45) is 1.27. The molecule has 1 aromatic heterocycles. The van der Waals surface area contributed by atoms with Gasteiger partial charge < -0.3 is 9.47 Å². The zero-order valence-corrected chi connectivity index (χ0v) is 20.7. The maximum absolute atomic E-state index is 13.3. The number of carbonyl (C=O) groups is 1. The molecule has 0 saturated carbocycles. The van der Waals surface area contributed by atoms with Crippen LogP contribution in [0.2, 0.25) is 0 Å². The van der Waals surface area contributed by atoms with Gasteiger partial charge in [-0.25, -0.2) is 9.78 Å². The molecule has 0 aliphatic rings. The molecule has 0 spiro atoms. The zero-order chi connectivity index (χ0) is 25.0. The smallest absolute Gasteiger partial charge is 0.344 e. The number of carbonyl (C=O) groups excluding carboxylic acids is 1. The second-order valence-electron chi connectivity index (χ2n) is 8.25. The fraction of sp³-hybridized carbons (Fsp3) is 0.304. The lowest BCUT2D eigenvalue weighted by atomic mass is 9.95. The van der Waals surface area contributed by atoms with Crippen LogP contribution in [-0.2, 0) is 14.9 Å². The highest BCUT2D eigenvalue weighted by atomic mass is 79.9. The minimum atomic E-state index is -0.668. The van der Waals surface area contributed by atoms with Crippen LogP contribution in [0.15, 0.2) is 50.8 Å². The van der Waals surface area contributed by atoms with Crippen molar-refractivity contribution >= 4 is 44.7 Å². The number of aromatic nitrogens is 2. The van der Waals surface area contributed by atoms with Gasteiger partial charge in [0.2, 0.25) is 5.75 Å². The molecule has 178 valence electrons. The highest BCUT2D eigenvalue weighted by Gasteiger charge is 2.24. The topological polar surface area (TPSA) is 126 Å². The number of para-hydroxylation sites is 1. The molecule has 0 fully saturated rings. The van der Waals surface area contributed by atoms with Crippen molar-refractivity contribution in [3.63, 3.8) is 0 Å². The average Bonchev–Trinajstić information content (AvgIpc) is 2.76. The van der Waals surface area contributed by atoms with Gasteiger partial charge >= 0.3 is 11.7 Å². The monoisotopic (exact) mass is 530 g/mol. The lowest BCUT2D eigenvalue weighted by molar-refractivity contribution is -0.385. The van der Waals surface area contributed by atoms with Gasteiger partial charge in [-0.15, -0.1) is 0 Å². The highest BCUT2D eigenvalue weighted by molar-refractivity contribution is 9.10. The average molecular weight is 531 g/mol. The van der Waals surface area contributed by atoms with E-state index in [9.17, 15) is 19.7 Å². The zero-order valence-electron chi connectivity index (χ0n) is 19.1. The molecule has 2 aromatic carbocycles. The van der Waals surface area contributed by atoms with Crippen molar-refractivity contribution in [1.82, 2.24) is 9.66 Å². The van der Waals surface area contributed by atoms with E-state index in [0.717, 1.165) is 0 Å². The Morgan fingerprint density at radius 3 is 2.68 bits per heavy atom. The van der Waals surface area contributed by atoms with Crippen LogP contribution in [0.3, 0.4) is 0 Å². The lowest BCUT2D eigenvalue weighted by Gasteiger charge is -2.21. The minimum Gasteiger partial charge on any atom is -0.474 e. The first-order valence-electron chi connectivity index (χ1n) is 10.4. The van der Waals surface area contributed by atoms with Crippen LogP contribution in [0.25, 0.3) is 10.9 Å². The molecule has 34 heavy (non-hydrogen) atoms. The number of nitro groups is 1. The van der Waals surface area contributed by atoms with E-state index in [4.69, 9.17) is 9.47 Å². The van der Waals surface area contributed by atoms with Crippen LogP contribution in [-0.4, -0.2) is 40.0 Å². The van der Waals surface area contributed by atoms with Gasteiger partial charge in [0.05, 0.1) is 28.6 Å². The molecule has 0 radical (unpaired) electrons. The fourth-order valence-electron chi connectivity index (χ4n) is 3.14. The molecule has 0 atom stereocenters. The standard InChI is InChI=1S/C23H23BrN4O6/c1-5-33-19(29)13-34-20-14(7-6-8-18(20)28(31)32)12-25-27-21(30)16-11-15(24)9-10-17(16)26-22(27)23(2,3)4/h6-12H,5,13H2,1-4H3. The molecule has 0 amide bonds. The third-order valence-corrected chi connectivity index (χ3v) is 5.15. The number of esters is 1. The number of fused-ring (bicyclic) bond motifs is 1. The van der Waals surface area contributed by atoms with Gasteiger partial charge in [0.1, 0.15) is 5.82 Å². The Morgan fingerprint density at radius 1 is 1.29 bits per heavy atom. The summed E-state index contributed by atoms with van der Waals surface area (Å²) in [6, 6.07) is 9.44. The predicted molar refractivity (Wildman–Crippen MR) is 131 cm³/mol. The fourth-order valence-corrected chi connectivity index (χ4v) is 3.50. The largest absolute Gasteiger partial charge is 0.474 e. The number of hydrogen-bond acceptors (Lipinski definition) is 8. The number of hydrogen-bond donors (Lipinski definition) is 0. The van der Waals surface area contributed by atoms with E-state index in [2.05, 4.69) is 26.0 Å². The Labute approximate surface area is 203 Å². The van der Waals surface area contributed by atoms with Crippen LogP contribution >= 0.6 is 15.9 Å². The van der Waals surface area contributed by atoms with Crippen LogP contribution in [0, 0.1) is 10.1 Å². The van der Waals surface area contributed by atoms with E-state index in [-0.39, 0.29) is 23.6 Å². The normalized spacial score (nSPS) is 11.7. The van der Waals surface area contributed by atoms with Gasteiger partial charge in [0.25, 0.3) is 5.56 Å². The summed E-state index contributed by atoms with van der Waals surface area (Å²) in [5.74, 6) is -0.423. The molecule has 1 heterocycles. The molecule has 10 nitrogen and oxygen atoms in total. The minimum absolute atomic E-state index is 0.150. The second kappa shape index (κ2) is 10.1. The van der Waals surface area contributed by atoms with E-state index in [1.807, 2.05) is 20.8 Å². The molecular formula is C23H23BrN4O6. The number of halogens is 1. The van der Waals surface area contributed by atoms with Gasteiger partial charge in [-0.3, -0.25) is 14.9 Å². The molecule has 3 aromatic rings. The lowest BCUT2D eigenvalue weighted by Crippen LogP contribution is -2.29. The van der Waals surface area contributed by atoms with Gasteiger partial charge in [-0.1, -0.05) is 42.8 Å². The van der Waals surface area contributed by atoms with Gasteiger partial charge in [-0.05, 0) is 31.2 Å². The van der Waals surface area contributed by atoms with Crippen LogP contribution in [0.4, 0.5) is 5.69 Å². The molecule has 3 rings (SSSR count). The van der Waals surface area contributed by atoms with Crippen LogP contribution in [0.5, 0.6) is 5.75 Å². The summed E-state index contributed by atoms with van der Waals surface area (Å²) in [5.41, 5.74) is -0.550. The second-order valence-corrected chi connectivity index (χ2v) is 9.17. The van der Waals surface area contributed by atoms with E-state index >= 15 is 0 Å². The Morgan fingerprint density at radius 2 is 2.03 bits per heavy atom. The van der Waals surface area contributed by atoms with Gasteiger partial charge in [0.15, 0.2) is 6.61 Å².